The number of aliphatic imine (C=N–C) groups is 1. The molecule has 0 radical (unpaired) electrons. The molecule has 2 aliphatic heterocycles. The number of allylic oxidation sites excluding steroid dienone is 1. The molecule has 4 aromatic rings. The van der Waals surface area contributed by atoms with Gasteiger partial charge in [-0.2, -0.15) is 0 Å². The van der Waals surface area contributed by atoms with E-state index in [1.54, 1.807) is 60.6 Å². The van der Waals surface area contributed by atoms with E-state index in [2.05, 4.69) is 72.3 Å². The van der Waals surface area contributed by atoms with E-state index in [0.29, 0.717) is 85.9 Å². The first-order chi connectivity index (χ1) is 37.2. The van der Waals surface area contributed by atoms with Crippen molar-refractivity contribution in [2.75, 3.05) is 83.8 Å². The van der Waals surface area contributed by atoms with Crippen LogP contribution in [0.15, 0.2) is 58.2 Å². The molecular weight excluding hydrogens is 1030 g/mol. The fourth-order valence-electron chi connectivity index (χ4n) is 8.51. The number of likely N-dealkylation sites (N-methyl/N-ethyl adjacent to an activating group) is 2. The predicted octanol–water partition coefficient (Wildman–Crippen LogP) is 8.84. The maximum atomic E-state index is 14.1. The van der Waals surface area contributed by atoms with Crippen LogP contribution in [0.3, 0.4) is 0 Å². The van der Waals surface area contributed by atoms with Crippen molar-refractivity contribution in [3.05, 3.63) is 98.5 Å². The van der Waals surface area contributed by atoms with Crippen molar-refractivity contribution in [2.24, 2.45) is 4.99 Å². The average molecular weight is 1110 g/mol. The van der Waals surface area contributed by atoms with Gasteiger partial charge in [-0.15, -0.1) is 0 Å². The number of aryl methyl sites for hydroxylation is 1. The van der Waals surface area contributed by atoms with Gasteiger partial charge >= 0.3 is 18.5 Å². The third-order valence-corrected chi connectivity index (χ3v) is 12.6. The first-order valence-corrected chi connectivity index (χ1v) is 25.7. The first-order valence-electron chi connectivity index (χ1n) is 25.7. The summed E-state index contributed by atoms with van der Waals surface area (Å²) in [5, 5.41) is 26.6. The molecule has 23 heteroatoms. The van der Waals surface area contributed by atoms with E-state index in [-0.39, 0.29) is 57.2 Å². The SMILES string of the molecule is C.CCN(CC)CCNC(=O)C1=C(C)C(=Cc2c(O)n(CO)c3ccc(F)cc23)N=C1C.CCOC(=O)OC(=O)OCC.CCOC(=O)OCN1C(=O)/C(=C\c2[nH]c(C)c(C(=O)NCCN(CC)CC)c2C)c2cc(F)ccc21. The fourth-order valence-corrected chi connectivity index (χ4v) is 8.51. The highest BCUT2D eigenvalue weighted by atomic mass is 19.1. The minimum absolute atomic E-state index is 0. The third-order valence-electron chi connectivity index (χ3n) is 12.6. The lowest BCUT2D eigenvalue weighted by Gasteiger charge is -2.18. The number of aromatic hydroxyl groups is 1. The molecule has 0 bridgehead atoms. The second kappa shape index (κ2) is 31.5. The summed E-state index contributed by atoms with van der Waals surface area (Å²) >= 11 is 0. The molecule has 0 saturated heterocycles. The molecule has 21 nitrogen and oxygen atoms in total. The van der Waals surface area contributed by atoms with Gasteiger partial charge in [-0.25, -0.2) is 23.2 Å². The van der Waals surface area contributed by atoms with E-state index in [0.717, 1.165) is 39.3 Å². The number of amides is 3. The molecule has 5 N–H and O–H groups in total. The molecule has 0 fully saturated rings. The Balaban J connectivity index is 0.000000348. The number of aliphatic hydroxyl groups is 1. The van der Waals surface area contributed by atoms with Crippen LogP contribution in [-0.4, -0.2) is 150 Å². The fraction of sp³-hybridized carbons (Fsp3) is 0.446. The van der Waals surface area contributed by atoms with Gasteiger partial charge < -0.3 is 59.3 Å². The van der Waals surface area contributed by atoms with Crippen molar-refractivity contribution in [2.45, 2.75) is 90.3 Å². The zero-order valence-electron chi connectivity index (χ0n) is 46.2. The highest BCUT2D eigenvalue weighted by molar-refractivity contribution is 6.35. The molecule has 4 heterocycles. The van der Waals surface area contributed by atoms with E-state index in [9.17, 15) is 47.8 Å². The van der Waals surface area contributed by atoms with Gasteiger partial charge in [-0.05, 0) is 134 Å². The van der Waals surface area contributed by atoms with E-state index < -0.39 is 42.7 Å². The number of nitrogens with one attached hydrogen (secondary N) is 3. The molecule has 3 amide bonds. The van der Waals surface area contributed by atoms with Gasteiger partial charge in [0.2, 0.25) is 5.88 Å². The van der Waals surface area contributed by atoms with E-state index >= 15 is 0 Å². The summed E-state index contributed by atoms with van der Waals surface area (Å²) in [5.74, 6) is -2.00. The van der Waals surface area contributed by atoms with Crippen LogP contribution in [-0.2, 0) is 40.0 Å². The van der Waals surface area contributed by atoms with Crippen LogP contribution in [0.25, 0.3) is 28.6 Å². The largest absolute Gasteiger partial charge is 0.518 e. The zero-order valence-corrected chi connectivity index (χ0v) is 46.2. The van der Waals surface area contributed by atoms with Crippen molar-refractivity contribution in [1.82, 2.24) is 30.0 Å². The predicted molar refractivity (Wildman–Crippen MR) is 297 cm³/mol. The van der Waals surface area contributed by atoms with E-state index in [1.807, 2.05) is 0 Å². The lowest BCUT2D eigenvalue weighted by Crippen LogP contribution is -2.36. The van der Waals surface area contributed by atoms with Crippen molar-refractivity contribution >= 4 is 76.2 Å². The Morgan fingerprint density at radius 3 is 1.85 bits per heavy atom. The Bertz CT molecular complexity index is 2920. The maximum Gasteiger partial charge on any atom is 0.518 e. The summed E-state index contributed by atoms with van der Waals surface area (Å²) in [5.41, 5.74) is 6.53. The van der Waals surface area contributed by atoms with Crippen LogP contribution >= 0.6 is 0 Å². The number of aromatic nitrogens is 2. The standard InChI is InChI=1S/C26H33FN4O5.C23H29FN4O3.C6H10O5.CH4/c1-6-30(7-2)12-11-28-24(32)23-16(4)21(29-17(23)5)14-20-19-13-18(27)9-10-22(19)31(25(20)33)15-36-26(34)35-8-3;1-5-27(6-2)10-9-25-22(30)21-14(3)19(26-15(21)4)12-18-17-11-16(24)7-8-20(17)28(13-29)23(18)31;1-3-9-5(7)11-6(8)10-4-2;/h9-10,13-14,29H,6-8,11-12,15H2,1-5H3,(H,28,32);7-8,11-12,29,31H,5-6,9-10,13H2,1-4H3,(H,25,30);3-4H2,1-2H3;1H4/b20-14-;;;. The van der Waals surface area contributed by atoms with Gasteiger partial charge in [0, 0.05) is 54.1 Å². The Labute approximate surface area is 459 Å². The number of rotatable bonds is 20. The molecular formula is C56H76F2N8O13. The highest BCUT2D eigenvalue weighted by Gasteiger charge is 2.34. The number of benzene rings is 2. The molecule has 432 valence electrons. The Morgan fingerprint density at radius 2 is 1.29 bits per heavy atom. The summed E-state index contributed by atoms with van der Waals surface area (Å²) in [6, 6.07) is 8.03. The Morgan fingerprint density at radius 1 is 0.747 bits per heavy atom. The molecule has 0 spiro atoms. The van der Waals surface area contributed by atoms with Crippen LogP contribution in [0.5, 0.6) is 5.88 Å². The molecule has 2 aliphatic rings. The quantitative estimate of drug-likeness (QED) is 0.0240. The molecule has 0 saturated carbocycles. The number of H-pyrrole nitrogens is 1. The number of halogens is 2. The first kappa shape index (κ1) is 65.4. The van der Waals surface area contributed by atoms with Gasteiger partial charge in [-0.3, -0.25) is 28.8 Å². The number of hydrogen-bond donors (Lipinski definition) is 5. The molecule has 0 atom stereocenters. The summed E-state index contributed by atoms with van der Waals surface area (Å²) in [4.78, 5) is 84.7. The lowest BCUT2D eigenvalue weighted by atomic mass is 10.0. The summed E-state index contributed by atoms with van der Waals surface area (Å²) < 4.78 is 51.6. The molecule has 6 rings (SSSR count). The molecule has 2 aromatic heterocycles. The number of hydrogen-bond acceptors (Lipinski definition) is 16. The Kier molecular flexibility index (Phi) is 26.1. The van der Waals surface area contributed by atoms with Crippen LogP contribution in [0.1, 0.15) is 108 Å². The maximum absolute atomic E-state index is 14.1. The average Bonchev–Trinajstić information content (AvgIpc) is 4.11. The molecule has 79 heavy (non-hydrogen) atoms. The van der Waals surface area contributed by atoms with E-state index in [4.69, 9.17) is 9.47 Å². The number of nitrogens with zero attached hydrogens (tertiary/aromatic N) is 5. The van der Waals surface area contributed by atoms with Crippen LogP contribution < -0.4 is 15.5 Å². The van der Waals surface area contributed by atoms with Gasteiger partial charge in [0.1, 0.15) is 18.4 Å². The number of aromatic amines is 1. The second-order valence-corrected chi connectivity index (χ2v) is 17.3. The topological polar surface area (TPSA) is 256 Å². The monoisotopic (exact) mass is 1110 g/mol. The zero-order chi connectivity index (χ0) is 57.8. The summed E-state index contributed by atoms with van der Waals surface area (Å²) in [7, 11) is 0. The number of fused-ring (bicyclic) bond motifs is 2. The minimum atomic E-state index is -1.04. The lowest BCUT2D eigenvalue weighted by molar-refractivity contribution is -0.117. The van der Waals surface area contributed by atoms with Gasteiger partial charge in [-0.1, -0.05) is 35.1 Å². The normalized spacial score (nSPS) is 13.6. The van der Waals surface area contributed by atoms with Crippen molar-refractivity contribution in [3.63, 3.8) is 0 Å². The second-order valence-electron chi connectivity index (χ2n) is 17.3. The van der Waals surface area contributed by atoms with Crippen molar-refractivity contribution < 1.29 is 71.4 Å². The minimum Gasteiger partial charge on any atom is -0.494 e. The van der Waals surface area contributed by atoms with Gasteiger partial charge in [0.25, 0.3) is 17.7 Å². The Hall–Kier alpha value is -7.89. The molecule has 0 aliphatic carbocycles. The van der Waals surface area contributed by atoms with Crippen molar-refractivity contribution in [1.29, 1.82) is 0 Å². The van der Waals surface area contributed by atoms with Crippen LogP contribution in [0.2, 0.25) is 0 Å². The highest BCUT2D eigenvalue weighted by Crippen LogP contribution is 2.39. The molecule has 0 unspecified atom stereocenters. The summed E-state index contributed by atoms with van der Waals surface area (Å²) in [6.45, 7) is 26.2. The van der Waals surface area contributed by atoms with Crippen LogP contribution in [0.4, 0.5) is 28.9 Å². The van der Waals surface area contributed by atoms with Gasteiger partial charge in [0.05, 0.1) is 59.1 Å². The summed E-state index contributed by atoms with van der Waals surface area (Å²) in [6.07, 6.45) is 0.244. The van der Waals surface area contributed by atoms with Gasteiger partial charge in [0.15, 0.2) is 6.73 Å². The number of carbonyl (C=O) groups is 6. The number of ether oxygens (including phenoxy) is 5. The number of carbonyl (C=O) groups excluding carboxylic acids is 6. The third kappa shape index (κ3) is 17.1. The smallest absolute Gasteiger partial charge is 0.494 e. The number of anilines is 1. The van der Waals surface area contributed by atoms with E-state index in [1.165, 1.54) is 45.9 Å². The number of aliphatic hydroxyl groups excluding tert-OH is 1. The van der Waals surface area contributed by atoms with Crippen LogP contribution in [0, 0.1) is 25.5 Å². The van der Waals surface area contributed by atoms with Crippen molar-refractivity contribution in [3.8, 4) is 5.88 Å². The molecule has 2 aromatic carbocycles.